The maximum atomic E-state index is 10.9. The topological polar surface area (TPSA) is 66.6 Å². The zero-order valence-electron chi connectivity index (χ0n) is 10.9. The molecule has 0 spiro atoms. The third-order valence-electron chi connectivity index (χ3n) is 2.15. The molecule has 0 aromatic heterocycles. The number of nitrogens with two attached hydrogens (primary N) is 1. The first-order valence-electron chi connectivity index (χ1n) is 5.64. The van der Waals surface area contributed by atoms with Gasteiger partial charge in [0.2, 0.25) is 5.91 Å². The van der Waals surface area contributed by atoms with Crippen molar-refractivity contribution in [3.05, 3.63) is 29.8 Å². The Labute approximate surface area is 108 Å². The Morgan fingerprint density at radius 2 is 2.00 bits per heavy atom. The molecular formula is C14H20N2O2. The lowest BCUT2D eigenvalue weighted by Gasteiger charge is -2.12. The van der Waals surface area contributed by atoms with Gasteiger partial charge in [0.25, 0.3) is 0 Å². The van der Waals surface area contributed by atoms with E-state index in [4.69, 9.17) is 17.3 Å². The van der Waals surface area contributed by atoms with E-state index in [1.165, 1.54) is 10.5 Å². The van der Waals surface area contributed by atoms with Crippen molar-refractivity contribution in [3.63, 3.8) is 0 Å². The smallest absolute Gasteiger partial charge is 0.224 e. The van der Waals surface area contributed by atoms with Crippen LogP contribution in [0.3, 0.4) is 0 Å². The molecule has 1 aromatic carbocycles. The van der Waals surface area contributed by atoms with Crippen LogP contribution >= 0.6 is 0 Å². The molecule has 0 aliphatic rings. The van der Waals surface area contributed by atoms with E-state index in [9.17, 15) is 4.79 Å². The normalized spacial score (nSPS) is 8.78. The van der Waals surface area contributed by atoms with Crippen LogP contribution < -0.4 is 5.73 Å². The molecule has 0 radical (unpaired) electrons. The Hall–Kier alpha value is -1.99. The van der Waals surface area contributed by atoms with Gasteiger partial charge >= 0.3 is 0 Å². The summed E-state index contributed by atoms with van der Waals surface area (Å²) in [5, 5.41) is 8.76. The number of aromatic hydroxyl groups is 1. The predicted octanol–water partition coefficient (Wildman–Crippen LogP) is 1.13. The summed E-state index contributed by atoms with van der Waals surface area (Å²) in [6.45, 7) is 2.73. The minimum atomic E-state index is 0.000417. The fourth-order valence-electron chi connectivity index (χ4n) is 1.08. The maximum Gasteiger partial charge on any atom is 0.224 e. The SMILES string of the molecule is C#CCN(C)C(=O)CCN.Cc1ccc(O)cc1. The van der Waals surface area contributed by atoms with E-state index in [0.29, 0.717) is 25.3 Å². The molecule has 1 rings (SSSR count). The van der Waals surface area contributed by atoms with Gasteiger partial charge in [-0.25, -0.2) is 0 Å². The summed E-state index contributed by atoms with van der Waals surface area (Å²) in [5.41, 5.74) is 6.33. The van der Waals surface area contributed by atoms with Gasteiger partial charge in [0, 0.05) is 20.0 Å². The number of hydrogen-bond acceptors (Lipinski definition) is 3. The van der Waals surface area contributed by atoms with Gasteiger partial charge in [0.1, 0.15) is 5.75 Å². The summed E-state index contributed by atoms with van der Waals surface area (Å²) in [4.78, 5) is 12.4. The van der Waals surface area contributed by atoms with Crippen molar-refractivity contribution in [1.82, 2.24) is 4.90 Å². The van der Waals surface area contributed by atoms with Crippen molar-refractivity contribution in [1.29, 1.82) is 0 Å². The first-order valence-corrected chi connectivity index (χ1v) is 5.64. The lowest BCUT2D eigenvalue weighted by molar-refractivity contribution is -0.129. The maximum absolute atomic E-state index is 10.9. The van der Waals surface area contributed by atoms with Crippen molar-refractivity contribution in [3.8, 4) is 18.1 Å². The van der Waals surface area contributed by atoms with Crippen molar-refractivity contribution in [2.45, 2.75) is 13.3 Å². The fourth-order valence-corrected chi connectivity index (χ4v) is 1.08. The summed E-state index contributed by atoms with van der Waals surface area (Å²) in [5.74, 6) is 2.70. The third kappa shape index (κ3) is 7.31. The van der Waals surface area contributed by atoms with Gasteiger partial charge in [-0.3, -0.25) is 4.79 Å². The minimum Gasteiger partial charge on any atom is -0.508 e. The van der Waals surface area contributed by atoms with Gasteiger partial charge in [-0.2, -0.15) is 0 Å². The van der Waals surface area contributed by atoms with Crippen LogP contribution in [0.25, 0.3) is 0 Å². The predicted molar refractivity (Wildman–Crippen MR) is 73.0 cm³/mol. The van der Waals surface area contributed by atoms with Gasteiger partial charge in [-0.1, -0.05) is 23.6 Å². The standard InChI is InChI=1S/C7H12N2O.C7H8O/c1-3-6-9(2)7(10)4-5-8;1-6-2-4-7(8)5-3-6/h1H,4-6,8H2,2H3;2-5,8H,1H3. The van der Waals surface area contributed by atoms with Crippen LogP contribution in [-0.4, -0.2) is 36.1 Å². The molecule has 0 fully saturated rings. The highest BCUT2D eigenvalue weighted by Gasteiger charge is 2.03. The number of hydrogen-bond donors (Lipinski definition) is 2. The molecule has 1 aromatic rings. The van der Waals surface area contributed by atoms with Crippen LogP contribution in [-0.2, 0) is 4.79 Å². The number of phenolic OH excluding ortho intramolecular Hbond substituents is 1. The zero-order chi connectivity index (χ0) is 14.0. The van der Waals surface area contributed by atoms with Crippen molar-refractivity contribution in [2.24, 2.45) is 5.73 Å². The zero-order valence-corrected chi connectivity index (χ0v) is 10.9. The second kappa shape index (κ2) is 9.08. The number of carbonyl (C=O) groups is 1. The second-order valence-corrected chi connectivity index (χ2v) is 3.83. The average Bonchev–Trinajstić information content (AvgIpc) is 2.34. The van der Waals surface area contributed by atoms with Crippen molar-refractivity contribution >= 4 is 5.91 Å². The summed E-state index contributed by atoms with van der Waals surface area (Å²) in [6, 6.07) is 7.09. The average molecular weight is 248 g/mol. The second-order valence-electron chi connectivity index (χ2n) is 3.83. The largest absolute Gasteiger partial charge is 0.508 e. The van der Waals surface area contributed by atoms with Crippen molar-refractivity contribution in [2.75, 3.05) is 20.1 Å². The number of rotatable bonds is 3. The Balaban J connectivity index is 0.000000327. The molecular weight excluding hydrogens is 228 g/mol. The molecule has 1 amide bonds. The first-order chi connectivity index (χ1) is 8.51. The number of terminal acetylenes is 1. The molecule has 0 atom stereocenters. The molecule has 0 saturated carbocycles. The molecule has 0 aliphatic heterocycles. The fraction of sp³-hybridized carbons (Fsp3) is 0.357. The molecule has 0 aliphatic carbocycles. The van der Waals surface area contributed by atoms with Gasteiger partial charge in [0.15, 0.2) is 0 Å². The van der Waals surface area contributed by atoms with Crippen LogP contribution in [0.2, 0.25) is 0 Å². The Morgan fingerprint density at radius 3 is 2.39 bits per heavy atom. The Morgan fingerprint density at radius 1 is 1.44 bits per heavy atom. The summed E-state index contributed by atoms with van der Waals surface area (Å²) in [7, 11) is 1.66. The molecule has 3 N–H and O–H groups in total. The summed E-state index contributed by atoms with van der Waals surface area (Å²) >= 11 is 0. The van der Waals surface area contributed by atoms with Crippen LogP contribution in [0.4, 0.5) is 0 Å². The van der Waals surface area contributed by atoms with Gasteiger partial charge in [-0.15, -0.1) is 6.42 Å². The third-order valence-corrected chi connectivity index (χ3v) is 2.15. The summed E-state index contributed by atoms with van der Waals surface area (Å²) in [6.07, 6.45) is 5.36. The molecule has 98 valence electrons. The van der Waals surface area contributed by atoms with Crippen LogP contribution in [0.1, 0.15) is 12.0 Å². The van der Waals surface area contributed by atoms with Gasteiger partial charge < -0.3 is 15.7 Å². The monoisotopic (exact) mass is 248 g/mol. The van der Waals surface area contributed by atoms with E-state index >= 15 is 0 Å². The van der Waals surface area contributed by atoms with E-state index in [1.807, 2.05) is 19.1 Å². The highest BCUT2D eigenvalue weighted by atomic mass is 16.3. The number of aryl methyl sites for hydroxylation is 1. The minimum absolute atomic E-state index is 0.000417. The number of amides is 1. The highest BCUT2D eigenvalue weighted by Crippen LogP contribution is 2.07. The van der Waals surface area contributed by atoms with Gasteiger partial charge in [0.05, 0.1) is 6.54 Å². The molecule has 0 saturated heterocycles. The number of benzene rings is 1. The quantitative estimate of drug-likeness (QED) is 0.788. The van der Waals surface area contributed by atoms with Crippen LogP contribution in [0.15, 0.2) is 24.3 Å². The molecule has 18 heavy (non-hydrogen) atoms. The van der Waals surface area contributed by atoms with Crippen molar-refractivity contribution < 1.29 is 9.90 Å². The molecule has 0 bridgehead atoms. The van der Waals surface area contributed by atoms with Crippen LogP contribution in [0.5, 0.6) is 5.75 Å². The molecule has 4 nitrogen and oxygen atoms in total. The van der Waals surface area contributed by atoms with E-state index in [1.54, 1.807) is 19.2 Å². The molecule has 0 heterocycles. The number of phenols is 1. The first kappa shape index (κ1) is 16.0. The van der Waals surface area contributed by atoms with E-state index in [2.05, 4.69) is 5.92 Å². The highest BCUT2D eigenvalue weighted by molar-refractivity contribution is 5.76. The number of nitrogens with zero attached hydrogens (tertiary/aromatic N) is 1. The molecule has 4 heteroatoms. The van der Waals surface area contributed by atoms with E-state index < -0.39 is 0 Å². The number of carbonyl (C=O) groups excluding carboxylic acids is 1. The Bertz CT molecular complexity index is 372. The lowest BCUT2D eigenvalue weighted by atomic mass is 10.2. The lowest BCUT2D eigenvalue weighted by Crippen LogP contribution is -2.28. The van der Waals surface area contributed by atoms with Gasteiger partial charge in [-0.05, 0) is 19.1 Å². The Kier molecular flexibility index (Phi) is 8.08. The van der Waals surface area contributed by atoms with Crippen LogP contribution in [0, 0.1) is 19.3 Å². The molecule has 0 unspecified atom stereocenters. The van der Waals surface area contributed by atoms with E-state index in [-0.39, 0.29) is 5.91 Å². The summed E-state index contributed by atoms with van der Waals surface area (Å²) < 4.78 is 0. The van der Waals surface area contributed by atoms with E-state index in [0.717, 1.165) is 0 Å².